The molecule has 0 radical (unpaired) electrons. The zero-order valence-electron chi connectivity index (χ0n) is 10.6. The summed E-state index contributed by atoms with van der Waals surface area (Å²) in [5.74, 6) is 0.496. The Labute approximate surface area is 116 Å². The Morgan fingerprint density at radius 2 is 2.10 bits per heavy atom. The van der Waals surface area contributed by atoms with E-state index in [9.17, 15) is 8.42 Å². The van der Waals surface area contributed by atoms with Crippen molar-refractivity contribution in [2.24, 2.45) is 7.05 Å². The third-order valence-electron chi connectivity index (χ3n) is 2.40. The van der Waals surface area contributed by atoms with Gasteiger partial charge in [-0.3, -0.25) is 9.40 Å². The first-order chi connectivity index (χ1) is 9.51. The third-order valence-corrected chi connectivity index (χ3v) is 3.74. The number of hydrogen-bond acceptors (Lipinski definition) is 5. The molecule has 20 heavy (non-hydrogen) atoms. The van der Waals surface area contributed by atoms with Crippen LogP contribution in [0.2, 0.25) is 0 Å². The molecule has 8 heteroatoms. The molecule has 0 atom stereocenters. The molecule has 2 rings (SSSR count). The van der Waals surface area contributed by atoms with Gasteiger partial charge < -0.3 is 4.74 Å². The summed E-state index contributed by atoms with van der Waals surface area (Å²) in [5.41, 5.74) is 0.401. The van der Waals surface area contributed by atoms with Crippen LogP contribution >= 0.6 is 0 Å². The van der Waals surface area contributed by atoms with Gasteiger partial charge in [-0.1, -0.05) is 0 Å². The highest BCUT2D eigenvalue weighted by molar-refractivity contribution is 7.92. The number of aryl methyl sites for hydroxylation is 1. The van der Waals surface area contributed by atoms with Crippen molar-refractivity contribution in [3.63, 3.8) is 0 Å². The van der Waals surface area contributed by atoms with Crippen molar-refractivity contribution in [3.05, 3.63) is 36.7 Å². The van der Waals surface area contributed by atoms with Gasteiger partial charge in [-0.05, 0) is 24.3 Å². The van der Waals surface area contributed by atoms with Crippen LogP contribution < -0.4 is 9.46 Å². The zero-order valence-corrected chi connectivity index (χ0v) is 11.5. The molecule has 0 spiro atoms. The standard InChI is InChI=1S/C12H12N4O3S/c1-16-9-12(8-14-16)20(17,18)15-10-2-4-11(5-3-10)19-7-6-13/h2-5,8-9,15H,7H2,1H3. The molecule has 0 bridgehead atoms. The van der Waals surface area contributed by atoms with Crippen molar-refractivity contribution in [2.45, 2.75) is 4.90 Å². The Balaban J connectivity index is 2.12. The molecule has 1 N–H and O–H groups in total. The van der Waals surface area contributed by atoms with E-state index in [0.717, 1.165) is 0 Å². The number of aromatic nitrogens is 2. The Morgan fingerprint density at radius 3 is 2.65 bits per heavy atom. The highest BCUT2D eigenvalue weighted by Crippen LogP contribution is 2.19. The minimum atomic E-state index is -3.65. The number of nitrogens with one attached hydrogen (secondary N) is 1. The Bertz CT molecular complexity index is 729. The third kappa shape index (κ3) is 3.27. The van der Waals surface area contributed by atoms with Gasteiger partial charge in [0.1, 0.15) is 16.7 Å². The summed E-state index contributed by atoms with van der Waals surface area (Å²) in [4.78, 5) is 0.0878. The van der Waals surface area contributed by atoms with Gasteiger partial charge in [0.2, 0.25) is 0 Å². The molecule has 2 aromatic rings. The van der Waals surface area contributed by atoms with E-state index in [2.05, 4.69) is 9.82 Å². The van der Waals surface area contributed by atoms with E-state index in [0.29, 0.717) is 11.4 Å². The van der Waals surface area contributed by atoms with Crippen LogP contribution in [0.1, 0.15) is 0 Å². The van der Waals surface area contributed by atoms with Crippen molar-refractivity contribution in [1.29, 1.82) is 5.26 Å². The quantitative estimate of drug-likeness (QED) is 0.890. The van der Waals surface area contributed by atoms with E-state index >= 15 is 0 Å². The van der Waals surface area contributed by atoms with Crippen molar-refractivity contribution < 1.29 is 13.2 Å². The molecular weight excluding hydrogens is 280 g/mol. The molecule has 104 valence electrons. The largest absolute Gasteiger partial charge is 0.479 e. The van der Waals surface area contributed by atoms with Gasteiger partial charge >= 0.3 is 0 Å². The van der Waals surface area contributed by atoms with Crippen LogP contribution in [0.4, 0.5) is 5.69 Å². The van der Waals surface area contributed by atoms with Gasteiger partial charge in [0.15, 0.2) is 6.61 Å². The summed E-state index contributed by atoms with van der Waals surface area (Å²) in [7, 11) is -2.01. The van der Waals surface area contributed by atoms with Gasteiger partial charge in [0, 0.05) is 18.9 Å². The molecule has 0 aliphatic carbocycles. The monoisotopic (exact) mass is 292 g/mol. The van der Waals surface area contributed by atoms with Gasteiger partial charge in [-0.25, -0.2) is 8.42 Å². The summed E-state index contributed by atoms with van der Waals surface area (Å²) in [5, 5.41) is 12.2. The molecule has 0 saturated heterocycles. The van der Waals surface area contributed by atoms with Gasteiger partial charge in [0.25, 0.3) is 10.0 Å². The van der Waals surface area contributed by atoms with E-state index in [1.807, 2.05) is 6.07 Å². The van der Waals surface area contributed by atoms with Crippen LogP contribution in [-0.4, -0.2) is 24.8 Å². The van der Waals surface area contributed by atoms with Crippen molar-refractivity contribution in [3.8, 4) is 11.8 Å². The fourth-order valence-electron chi connectivity index (χ4n) is 1.49. The molecule has 0 amide bonds. The maximum atomic E-state index is 12.0. The molecule has 1 heterocycles. The molecule has 7 nitrogen and oxygen atoms in total. The lowest BCUT2D eigenvalue weighted by Crippen LogP contribution is -2.12. The lowest BCUT2D eigenvalue weighted by Gasteiger charge is -2.07. The number of nitrogens with zero attached hydrogens (tertiary/aromatic N) is 3. The first-order valence-corrected chi connectivity index (χ1v) is 7.11. The first kappa shape index (κ1) is 13.9. The number of nitriles is 1. The molecule has 1 aromatic heterocycles. The van der Waals surface area contributed by atoms with Crippen LogP contribution in [0.15, 0.2) is 41.6 Å². The molecule has 0 unspecified atom stereocenters. The fourth-order valence-corrected chi connectivity index (χ4v) is 2.53. The zero-order chi connectivity index (χ0) is 14.6. The number of sulfonamides is 1. The smallest absolute Gasteiger partial charge is 0.265 e. The average molecular weight is 292 g/mol. The molecule has 0 saturated carbocycles. The highest BCUT2D eigenvalue weighted by Gasteiger charge is 2.15. The van der Waals surface area contributed by atoms with Crippen molar-refractivity contribution in [2.75, 3.05) is 11.3 Å². The topological polar surface area (TPSA) is 97.0 Å². The second kappa shape index (κ2) is 5.63. The number of benzene rings is 1. The van der Waals surface area contributed by atoms with E-state index in [1.165, 1.54) is 17.1 Å². The molecule has 0 fully saturated rings. The van der Waals surface area contributed by atoms with E-state index < -0.39 is 10.0 Å². The van der Waals surface area contributed by atoms with Crippen LogP contribution in [0, 0.1) is 11.3 Å². The fraction of sp³-hybridized carbons (Fsp3) is 0.167. The first-order valence-electron chi connectivity index (χ1n) is 5.62. The van der Waals surface area contributed by atoms with Crippen LogP contribution in [-0.2, 0) is 17.1 Å². The Morgan fingerprint density at radius 1 is 1.40 bits per heavy atom. The summed E-state index contributed by atoms with van der Waals surface area (Å²) in [6.45, 7) is -0.0548. The number of ether oxygens (including phenoxy) is 1. The van der Waals surface area contributed by atoms with E-state index in [4.69, 9.17) is 10.00 Å². The van der Waals surface area contributed by atoms with E-state index in [-0.39, 0.29) is 11.5 Å². The second-order valence-corrected chi connectivity index (χ2v) is 5.61. The minimum absolute atomic E-state index is 0.0548. The number of hydrogen-bond donors (Lipinski definition) is 1. The van der Waals surface area contributed by atoms with Crippen LogP contribution in [0.3, 0.4) is 0 Å². The number of rotatable bonds is 5. The van der Waals surface area contributed by atoms with Gasteiger partial charge in [-0.15, -0.1) is 0 Å². The van der Waals surface area contributed by atoms with Gasteiger partial charge in [0.05, 0.1) is 6.20 Å². The normalized spacial score (nSPS) is 10.8. The highest BCUT2D eigenvalue weighted by atomic mass is 32.2. The predicted molar refractivity (Wildman–Crippen MR) is 71.6 cm³/mol. The summed E-state index contributed by atoms with van der Waals surface area (Å²) >= 11 is 0. The second-order valence-electron chi connectivity index (χ2n) is 3.93. The maximum absolute atomic E-state index is 12.0. The van der Waals surface area contributed by atoms with Crippen molar-refractivity contribution in [1.82, 2.24) is 9.78 Å². The molecular formula is C12H12N4O3S. The summed E-state index contributed by atoms with van der Waals surface area (Å²) < 4.78 is 33.0. The van der Waals surface area contributed by atoms with Crippen LogP contribution in [0.5, 0.6) is 5.75 Å². The van der Waals surface area contributed by atoms with Crippen molar-refractivity contribution >= 4 is 15.7 Å². The average Bonchev–Trinajstić information content (AvgIpc) is 2.85. The SMILES string of the molecule is Cn1cc(S(=O)(=O)Nc2ccc(OCC#N)cc2)cn1. The summed E-state index contributed by atoms with van der Waals surface area (Å²) in [6, 6.07) is 8.13. The minimum Gasteiger partial charge on any atom is -0.479 e. The maximum Gasteiger partial charge on any atom is 0.265 e. The Kier molecular flexibility index (Phi) is 3.91. The van der Waals surface area contributed by atoms with E-state index in [1.54, 1.807) is 31.3 Å². The molecule has 1 aromatic carbocycles. The molecule has 0 aliphatic heterocycles. The Hall–Kier alpha value is -2.53. The predicted octanol–water partition coefficient (Wildman–Crippen LogP) is 1.12. The summed E-state index contributed by atoms with van der Waals surface area (Å²) in [6.07, 6.45) is 2.68. The number of anilines is 1. The van der Waals surface area contributed by atoms with Crippen LogP contribution in [0.25, 0.3) is 0 Å². The molecule has 0 aliphatic rings. The lowest BCUT2D eigenvalue weighted by molar-refractivity contribution is 0.368. The lowest BCUT2D eigenvalue weighted by atomic mass is 10.3. The van der Waals surface area contributed by atoms with Gasteiger partial charge in [-0.2, -0.15) is 10.4 Å².